The van der Waals surface area contributed by atoms with E-state index in [0.717, 1.165) is 38.2 Å². The van der Waals surface area contributed by atoms with Gasteiger partial charge >= 0.3 is 0 Å². The summed E-state index contributed by atoms with van der Waals surface area (Å²) in [5.41, 5.74) is 0. The van der Waals surface area contributed by atoms with Crippen LogP contribution in [0, 0.1) is 5.92 Å². The largest absolute Gasteiger partial charge is 0.317 e. The third-order valence-corrected chi connectivity index (χ3v) is 3.70. The lowest BCUT2D eigenvalue weighted by molar-refractivity contribution is -0.127. The third-order valence-electron chi connectivity index (χ3n) is 3.70. The van der Waals surface area contributed by atoms with Crippen LogP contribution in [0.4, 0.5) is 0 Å². The number of rotatable bonds is 2. The van der Waals surface area contributed by atoms with E-state index in [1.165, 1.54) is 0 Å². The minimum Gasteiger partial charge on any atom is -0.317 e. The highest BCUT2D eigenvalue weighted by Crippen LogP contribution is 2.25. The second-order valence-corrected chi connectivity index (χ2v) is 4.71. The standard InChI is InChI=1S/C12H21N3O/c1-3-11-14-10(8-12(16)15(11)2)9-4-6-13-7-5-9/h9-10,13H,3-8H2,1-2H3. The Bertz CT molecular complexity index is 295. The van der Waals surface area contributed by atoms with Crippen LogP contribution in [0.1, 0.15) is 32.6 Å². The van der Waals surface area contributed by atoms with Crippen molar-refractivity contribution >= 4 is 11.7 Å². The molecule has 1 unspecified atom stereocenters. The van der Waals surface area contributed by atoms with E-state index in [4.69, 9.17) is 4.99 Å². The van der Waals surface area contributed by atoms with Crippen LogP contribution in [0.25, 0.3) is 0 Å². The number of piperidine rings is 1. The number of amidine groups is 1. The lowest BCUT2D eigenvalue weighted by atomic mass is 9.87. The van der Waals surface area contributed by atoms with Crippen molar-refractivity contribution in [3.63, 3.8) is 0 Å². The molecule has 1 fully saturated rings. The van der Waals surface area contributed by atoms with Gasteiger partial charge in [-0.05, 0) is 31.8 Å². The van der Waals surface area contributed by atoms with Crippen LogP contribution in [0.15, 0.2) is 4.99 Å². The normalized spacial score (nSPS) is 28.1. The van der Waals surface area contributed by atoms with Gasteiger partial charge in [0.1, 0.15) is 5.84 Å². The monoisotopic (exact) mass is 223 g/mol. The molecule has 2 aliphatic rings. The van der Waals surface area contributed by atoms with E-state index in [1.54, 1.807) is 4.90 Å². The van der Waals surface area contributed by atoms with Crippen LogP contribution in [0.5, 0.6) is 0 Å². The van der Waals surface area contributed by atoms with Crippen LogP contribution in [-0.2, 0) is 4.79 Å². The van der Waals surface area contributed by atoms with Gasteiger partial charge in [-0.1, -0.05) is 6.92 Å². The number of amides is 1. The molecule has 0 aromatic carbocycles. The van der Waals surface area contributed by atoms with Gasteiger partial charge in [0, 0.05) is 19.9 Å². The summed E-state index contributed by atoms with van der Waals surface area (Å²) < 4.78 is 0. The van der Waals surface area contributed by atoms with Crippen molar-refractivity contribution in [2.45, 2.75) is 38.6 Å². The second kappa shape index (κ2) is 4.95. The summed E-state index contributed by atoms with van der Waals surface area (Å²) in [6.45, 7) is 4.21. The first-order valence-corrected chi connectivity index (χ1v) is 6.26. The maximum absolute atomic E-state index is 11.8. The molecule has 0 aromatic heterocycles. The lowest BCUT2D eigenvalue weighted by Crippen LogP contribution is -2.44. The van der Waals surface area contributed by atoms with Crippen molar-refractivity contribution in [1.29, 1.82) is 0 Å². The van der Waals surface area contributed by atoms with E-state index in [9.17, 15) is 4.79 Å². The first-order valence-electron chi connectivity index (χ1n) is 6.26. The molecule has 1 N–H and O–H groups in total. The molecular weight excluding hydrogens is 202 g/mol. The molecule has 1 atom stereocenters. The quantitative estimate of drug-likeness (QED) is 0.760. The maximum atomic E-state index is 11.8. The fourth-order valence-corrected chi connectivity index (χ4v) is 2.61. The molecule has 0 saturated carbocycles. The number of nitrogens with zero attached hydrogens (tertiary/aromatic N) is 2. The van der Waals surface area contributed by atoms with E-state index in [0.29, 0.717) is 12.3 Å². The fraction of sp³-hybridized carbons (Fsp3) is 0.833. The van der Waals surface area contributed by atoms with Crippen molar-refractivity contribution in [2.24, 2.45) is 10.9 Å². The summed E-state index contributed by atoms with van der Waals surface area (Å²) in [5, 5.41) is 3.36. The lowest BCUT2D eigenvalue weighted by Gasteiger charge is -2.34. The molecule has 90 valence electrons. The fourth-order valence-electron chi connectivity index (χ4n) is 2.61. The zero-order valence-corrected chi connectivity index (χ0v) is 10.2. The summed E-state index contributed by atoms with van der Waals surface area (Å²) in [6, 6.07) is 0.237. The van der Waals surface area contributed by atoms with Gasteiger partial charge in [-0.15, -0.1) is 0 Å². The molecule has 2 rings (SSSR count). The Hall–Kier alpha value is -0.900. The van der Waals surface area contributed by atoms with E-state index in [2.05, 4.69) is 12.2 Å². The van der Waals surface area contributed by atoms with E-state index in [-0.39, 0.29) is 11.9 Å². The zero-order valence-electron chi connectivity index (χ0n) is 10.2. The smallest absolute Gasteiger partial charge is 0.229 e. The molecule has 1 saturated heterocycles. The predicted octanol–water partition coefficient (Wildman–Crippen LogP) is 1.03. The third kappa shape index (κ3) is 2.26. The Labute approximate surface area is 97.1 Å². The summed E-state index contributed by atoms with van der Waals surface area (Å²) >= 11 is 0. The second-order valence-electron chi connectivity index (χ2n) is 4.71. The van der Waals surface area contributed by atoms with Crippen molar-refractivity contribution < 1.29 is 4.79 Å². The van der Waals surface area contributed by atoms with Gasteiger partial charge in [0.25, 0.3) is 0 Å². The van der Waals surface area contributed by atoms with Crippen LogP contribution in [-0.4, -0.2) is 42.8 Å². The van der Waals surface area contributed by atoms with Crippen LogP contribution in [0.2, 0.25) is 0 Å². The molecule has 2 heterocycles. The number of aliphatic imine (C=N–C) groups is 1. The highest BCUT2D eigenvalue weighted by atomic mass is 16.2. The van der Waals surface area contributed by atoms with Crippen molar-refractivity contribution in [2.75, 3.05) is 20.1 Å². The van der Waals surface area contributed by atoms with Gasteiger partial charge in [-0.2, -0.15) is 0 Å². The summed E-state index contributed by atoms with van der Waals surface area (Å²) in [4.78, 5) is 18.3. The highest BCUT2D eigenvalue weighted by Gasteiger charge is 2.31. The number of hydrogen-bond acceptors (Lipinski definition) is 3. The number of carbonyl (C=O) groups excluding carboxylic acids is 1. The molecule has 2 aliphatic heterocycles. The average Bonchev–Trinajstić information content (AvgIpc) is 2.33. The Morgan fingerprint density at radius 1 is 1.44 bits per heavy atom. The van der Waals surface area contributed by atoms with E-state index >= 15 is 0 Å². The van der Waals surface area contributed by atoms with Gasteiger partial charge in [0.2, 0.25) is 5.91 Å². The molecule has 0 aliphatic carbocycles. The van der Waals surface area contributed by atoms with Gasteiger partial charge in [0.05, 0.1) is 6.04 Å². The molecule has 0 aromatic rings. The molecule has 4 nitrogen and oxygen atoms in total. The molecule has 0 spiro atoms. The van der Waals surface area contributed by atoms with E-state index < -0.39 is 0 Å². The van der Waals surface area contributed by atoms with Crippen molar-refractivity contribution in [3.8, 4) is 0 Å². The Balaban J connectivity index is 2.09. The van der Waals surface area contributed by atoms with Crippen LogP contribution < -0.4 is 5.32 Å². The molecule has 4 heteroatoms. The first kappa shape index (κ1) is 11.6. The minimum absolute atomic E-state index is 0.232. The summed E-state index contributed by atoms with van der Waals surface area (Å²) in [7, 11) is 1.84. The molecular formula is C12H21N3O. The van der Waals surface area contributed by atoms with Crippen molar-refractivity contribution in [3.05, 3.63) is 0 Å². The number of nitrogens with one attached hydrogen (secondary N) is 1. The number of hydrogen-bond donors (Lipinski definition) is 1. The Kier molecular flexibility index (Phi) is 3.59. The molecule has 16 heavy (non-hydrogen) atoms. The van der Waals surface area contributed by atoms with Gasteiger partial charge < -0.3 is 10.2 Å². The topological polar surface area (TPSA) is 44.7 Å². The average molecular weight is 223 g/mol. The highest BCUT2D eigenvalue weighted by molar-refractivity contribution is 5.99. The Morgan fingerprint density at radius 2 is 2.12 bits per heavy atom. The maximum Gasteiger partial charge on any atom is 0.229 e. The van der Waals surface area contributed by atoms with E-state index in [1.807, 2.05) is 7.05 Å². The molecule has 1 amide bonds. The van der Waals surface area contributed by atoms with Crippen LogP contribution >= 0.6 is 0 Å². The van der Waals surface area contributed by atoms with Gasteiger partial charge in [0.15, 0.2) is 0 Å². The predicted molar refractivity (Wildman–Crippen MR) is 64.5 cm³/mol. The first-order chi connectivity index (χ1) is 7.72. The van der Waals surface area contributed by atoms with Crippen LogP contribution in [0.3, 0.4) is 0 Å². The Morgan fingerprint density at radius 3 is 2.75 bits per heavy atom. The van der Waals surface area contributed by atoms with Gasteiger partial charge in [-0.3, -0.25) is 9.79 Å². The zero-order chi connectivity index (χ0) is 11.5. The number of carbonyl (C=O) groups is 1. The summed E-state index contributed by atoms with van der Waals surface area (Å²) in [6.07, 6.45) is 3.76. The molecule has 0 radical (unpaired) electrons. The minimum atomic E-state index is 0.232. The summed E-state index contributed by atoms with van der Waals surface area (Å²) in [5.74, 6) is 1.79. The SMILES string of the molecule is CCC1=NC(C2CCNCC2)CC(=O)N1C. The van der Waals surface area contributed by atoms with Gasteiger partial charge in [-0.25, -0.2) is 0 Å². The molecule has 0 bridgehead atoms. The van der Waals surface area contributed by atoms with Crippen molar-refractivity contribution in [1.82, 2.24) is 10.2 Å².